The van der Waals surface area contributed by atoms with Crippen molar-refractivity contribution < 1.29 is 19.7 Å². The van der Waals surface area contributed by atoms with Gasteiger partial charge in [0.2, 0.25) is 0 Å². The average Bonchev–Trinajstić information content (AvgIpc) is 2.53. The van der Waals surface area contributed by atoms with Gasteiger partial charge in [-0.3, -0.25) is 0 Å². The maximum absolute atomic E-state index is 10.8. The van der Waals surface area contributed by atoms with Crippen molar-refractivity contribution in [2.45, 2.75) is 12.5 Å². The quantitative estimate of drug-likeness (QED) is 0.856. The summed E-state index contributed by atoms with van der Waals surface area (Å²) in [5.41, 5.74) is 0.457. The van der Waals surface area contributed by atoms with Gasteiger partial charge in [0.15, 0.2) is 0 Å². The highest BCUT2D eigenvalue weighted by Gasteiger charge is 2.25. The van der Waals surface area contributed by atoms with Crippen molar-refractivity contribution in [3.05, 3.63) is 59.7 Å². The maximum atomic E-state index is 10.8. The molecule has 2 N–H and O–H groups in total. The van der Waals surface area contributed by atoms with Gasteiger partial charge in [0.25, 0.3) is 0 Å². The molecule has 2 aromatic carbocycles. The summed E-state index contributed by atoms with van der Waals surface area (Å²) in [7, 11) is 1.61. The van der Waals surface area contributed by atoms with Crippen LogP contribution in [0.4, 0.5) is 0 Å². The van der Waals surface area contributed by atoms with Gasteiger partial charge in [-0.15, -0.1) is 0 Å². The first-order valence-corrected chi connectivity index (χ1v) is 6.79. The minimum absolute atomic E-state index is 0.0225. The van der Waals surface area contributed by atoms with Crippen LogP contribution in [0, 0.1) is 0 Å². The van der Waals surface area contributed by atoms with Crippen LogP contribution in [0.1, 0.15) is 18.1 Å². The van der Waals surface area contributed by atoms with Crippen molar-refractivity contribution in [2.24, 2.45) is 0 Å². The highest BCUT2D eigenvalue weighted by molar-refractivity contribution is 5.40. The third kappa shape index (κ3) is 3.54. The molecule has 2 rings (SSSR count). The standard InChI is InChI=1S/C17H20O4/c1-17(19,13-3-7-15(20-2)8-4-13)14-5-9-16(10-6-14)21-12-11-18/h3-10,18-19H,11-12H2,1-2H3. The average molecular weight is 288 g/mol. The normalized spacial score (nSPS) is 13.5. The summed E-state index contributed by atoms with van der Waals surface area (Å²) in [6.45, 7) is 1.98. The van der Waals surface area contributed by atoms with Crippen molar-refractivity contribution in [3.63, 3.8) is 0 Å². The summed E-state index contributed by atoms with van der Waals surface area (Å²) in [4.78, 5) is 0. The Bertz CT molecular complexity index is 558. The van der Waals surface area contributed by atoms with Gasteiger partial charge in [-0.25, -0.2) is 0 Å². The molecular formula is C17H20O4. The highest BCUT2D eigenvalue weighted by atomic mass is 16.5. The second kappa shape index (κ2) is 6.61. The van der Waals surface area contributed by atoms with E-state index in [-0.39, 0.29) is 13.2 Å². The lowest BCUT2D eigenvalue weighted by Gasteiger charge is -2.25. The van der Waals surface area contributed by atoms with E-state index in [4.69, 9.17) is 14.6 Å². The van der Waals surface area contributed by atoms with Gasteiger partial charge < -0.3 is 19.7 Å². The van der Waals surface area contributed by atoms with Crippen molar-refractivity contribution in [1.29, 1.82) is 0 Å². The highest BCUT2D eigenvalue weighted by Crippen LogP contribution is 2.31. The molecule has 0 aliphatic heterocycles. The zero-order valence-electron chi connectivity index (χ0n) is 12.2. The minimum atomic E-state index is -1.10. The van der Waals surface area contributed by atoms with Crippen LogP contribution < -0.4 is 9.47 Å². The molecule has 0 spiro atoms. The Balaban J connectivity index is 2.21. The molecule has 4 nitrogen and oxygen atoms in total. The van der Waals surface area contributed by atoms with Crippen LogP contribution in [0.25, 0.3) is 0 Å². The fraction of sp³-hybridized carbons (Fsp3) is 0.294. The summed E-state index contributed by atoms with van der Waals surface area (Å²) >= 11 is 0. The third-order valence-corrected chi connectivity index (χ3v) is 3.43. The third-order valence-electron chi connectivity index (χ3n) is 3.43. The molecule has 0 amide bonds. The molecule has 4 heteroatoms. The Morgan fingerprint density at radius 1 is 0.905 bits per heavy atom. The molecule has 0 aliphatic rings. The molecule has 0 aromatic heterocycles. The van der Waals surface area contributed by atoms with Gasteiger partial charge in [-0.05, 0) is 42.3 Å². The SMILES string of the molecule is COc1ccc(C(C)(O)c2ccc(OCCO)cc2)cc1. The van der Waals surface area contributed by atoms with E-state index >= 15 is 0 Å². The number of rotatable bonds is 6. The van der Waals surface area contributed by atoms with E-state index in [0.717, 1.165) is 16.9 Å². The first-order chi connectivity index (χ1) is 10.1. The number of benzene rings is 2. The lowest BCUT2D eigenvalue weighted by molar-refractivity contribution is 0.102. The van der Waals surface area contributed by atoms with Gasteiger partial charge in [0.05, 0.1) is 13.7 Å². The van der Waals surface area contributed by atoms with Gasteiger partial charge in [0.1, 0.15) is 23.7 Å². The van der Waals surface area contributed by atoms with Crippen molar-refractivity contribution in [2.75, 3.05) is 20.3 Å². The topological polar surface area (TPSA) is 58.9 Å². The maximum Gasteiger partial charge on any atom is 0.119 e. The number of aliphatic hydroxyl groups is 2. The lowest BCUT2D eigenvalue weighted by atomic mass is 9.88. The van der Waals surface area contributed by atoms with E-state index in [9.17, 15) is 5.11 Å². The van der Waals surface area contributed by atoms with E-state index in [0.29, 0.717) is 5.75 Å². The first kappa shape index (κ1) is 15.4. The van der Waals surface area contributed by atoms with Crippen molar-refractivity contribution in [3.8, 4) is 11.5 Å². The van der Waals surface area contributed by atoms with E-state index in [1.165, 1.54) is 0 Å². The molecule has 21 heavy (non-hydrogen) atoms. The Kier molecular flexibility index (Phi) is 4.83. The van der Waals surface area contributed by atoms with Gasteiger partial charge in [-0.1, -0.05) is 24.3 Å². The number of ether oxygens (including phenoxy) is 2. The fourth-order valence-corrected chi connectivity index (χ4v) is 2.12. The Morgan fingerprint density at radius 3 is 1.81 bits per heavy atom. The molecule has 0 fully saturated rings. The predicted molar refractivity (Wildman–Crippen MR) is 80.7 cm³/mol. The van der Waals surface area contributed by atoms with E-state index in [2.05, 4.69) is 0 Å². The molecule has 112 valence electrons. The van der Waals surface area contributed by atoms with Crippen LogP contribution >= 0.6 is 0 Å². The summed E-state index contributed by atoms with van der Waals surface area (Å²) in [6.07, 6.45) is 0. The zero-order chi connectivity index (χ0) is 15.3. The van der Waals surface area contributed by atoms with E-state index < -0.39 is 5.60 Å². The number of hydrogen-bond acceptors (Lipinski definition) is 4. The Hall–Kier alpha value is -2.04. The molecular weight excluding hydrogens is 268 g/mol. The molecule has 0 bridgehead atoms. The monoisotopic (exact) mass is 288 g/mol. The predicted octanol–water partition coefficient (Wildman–Crippen LogP) is 2.32. The summed E-state index contributed by atoms with van der Waals surface area (Å²) < 4.78 is 10.4. The largest absolute Gasteiger partial charge is 0.497 e. The Labute approximate surface area is 124 Å². The van der Waals surface area contributed by atoms with Crippen LogP contribution in [0.2, 0.25) is 0 Å². The van der Waals surface area contributed by atoms with E-state index in [1.54, 1.807) is 26.2 Å². The van der Waals surface area contributed by atoms with E-state index in [1.807, 2.05) is 36.4 Å². The van der Waals surface area contributed by atoms with Crippen LogP contribution in [-0.2, 0) is 5.60 Å². The smallest absolute Gasteiger partial charge is 0.119 e. The van der Waals surface area contributed by atoms with Crippen LogP contribution in [0.5, 0.6) is 11.5 Å². The van der Waals surface area contributed by atoms with Crippen LogP contribution in [0.3, 0.4) is 0 Å². The first-order valence-electron chi connectivity index (χ1n) is 6.79. The second-order valence-corrected chi connectivity index (χ2v) is 4.90. The molecule has 0 saturated carbocycles. The number of methoxy groups -OCH3 is 1. The zero-order valence-corrected chi connectivity index (χ0v) is 12.2. The lowest BCUT2D eigenvalue weighted by Crippen LogP contribution is -2.22. The van der Waals surface area contributed by atoms with Crippen molar-refractivity contribution in [1.82, 2.24) is 0 Å². The molecule has 2 aromatic rings. The number of hydrogen-bond donors (Lipinski definition) is 2. The molecule has 0 aliphatic carbocycles. The summed E-state index contributed by atoms with van der Waals surface area (Å²) in [6, 6.07) is 14.5. The fourth-order valence-electron chi connectivity index (χ4n) is 2.12. The van der Waals surface area contributed by atoms with Crippen LogP contribution in [0.15, 0.2) is 48.5 Å². The van der Waals surface area contributed by atoms with Gasteiger partial charge in [0, 0.05) is 0 Å². The van der Waals surface area contributed by atoms with Crippen LogP contribution in [-0.4, -0.2) is 30.5 Å². The molecule has 1 unspecified atom stereocenters. The van der Waals surface area contributed by atoms with Gasteiger partial charge in [-0.2, -0.15) is 0 Å². The summed E-state index contributed by atoms with van der Waals surface area (Å²) in [5.74, 6) is 1.42. The minimum Gasteiger partial charge on any atom is -0.497 e. The molecule has 0 saturated heterocycles. The molecule has 0 heterocycles. The van der Waals surface area contributed by atoms with Gasteiger partial charge >= 0.3 is 0 Å². The number of aliphatic hydroxyl groups excluding tert-OH is 1. The van der Waals surface area contributed by atoms with Crippen molar-refractivity contribution >= 4 is 0 Å². The molecule has 1 atom stereocenters. The second-order valence-electron chi connectivity index (χ2n) is 4.90. The molecule has 0 radical (unpaired) electrons. The Morgan fingerprint density at radius 2 is 1.38 bits per heavy atom. The summed E-state index contributed by atoms with van der Waals surface area (Å²) in [5, 5.41) is 19.5.